The second-order valence-electron chi connectivity index (χ2n) is 4.36. The molecule has 0 heterocycles. The lowest BCUT2D eigenvalue weighted by atomic mass is 9.88. The Morgan fingerprint density at radius 3 is 2.83 bits per heavy atom. The Labute approximate surface area is 74.5 Å². The van der Waals surface area contributed by atoms with Gasteiger partial charge in [-0.25, -0.2) is 0 Å². The van der Waals surface area contributed by atoms with E-state index in [2.05, 4.69) is 0 Å². The first-order valence-electron chi connectivity index (χ1n) is 5.35. The summed E-state index contributed by atoms with van der Waals surface area (Å²) in [6.07, 6.45) is 7.40. The summed E-state index contributed by atoms with van der Waals surface area (Å²) in [5.41, 5.74) is 0. The fraction of sp³-hybridized carbons (Fsp3) is 0.909. The molecular formula is C11H18O. The Kier molecular flexibility index (Phi) is 2.20. The normalized spacial score (nSPS) is 39.9. The molecule has 0 aromatic carbocycles. The summed E-state index contributed by atoms with van der Waals surface area (Å²) in [7, 11) is 0. The smallest absolute Gasteiger partial charge is 0.135 e. The Morgan fingerprint density at radius 1 is 1.25 bits per heavy atom. The zero-order chi connectivity index (χ0) is 8.55. The maximum Gasteiger partial charge on any atom is 0.135 e. The van der Waals surface area contributed by atoms with Crippen LogP contribution in [-0.4, -0.2) is 5.78 Å². The molecule has 2 aliphatic carbocycles. The van der Waals surface area contributed by atoms with Gasteiger partial charge in [0.15, 0.2) is 0 Å². The zero-order valence-corrected chi connectivity index (χ0v) is 7.88. The van der Waals surface area contributed by atoms with Crippen molar-refractivity contribution >= 4 is 5.78 Å². The molecule has 1 nitrogen and oxygen atoms in total. The topological polar surface area (TPSA) is 17.1 Å². The molecule has 0 aromatic rings. The van der Waals surface area contributed by atoms with Gasteiger partial charge in [-0.05, 0) is 31.1 Å². The van der Waals surface area contributed by atoms with Crippen LogP contribution in [-0.2, 0) is 4.79 Å². The van der Waals surface area contributed by atoms with E-state index in [1.807, 2.05) is 6.92 Å². The largest absolute Gasteiger partial charge is 0.299 e. The monoisotopic (exact) mass is 166 g/mol. The van der Waals surface area contributed by atoms with Crippen molar-refractivity contribution in [2.75, 3.05) is 0 Å². The molecule has 12 heavy (non-hydrogen) atoms. The molecule has 0 bridgehead atoms. The van der Waals surface area contributed by atoms with Crippen LogP contribution in [0.25, 0.3) is 0 Å². The molecule has 2 saturated carbocycles. The van der Waals surface area contributed by atoms with E-state index in [0.717, 1.165) is 18.3 Å². The van der Waals surface area contributed by atoms with Gasteiger partial charge in [0.25, 0.3) is 0 Å². The molecule has 3 unspecified atom stereocenters. The van der Waals surface area contributed by atoms with Gasteiger partial charge in [0.05, 0.1) is 0 Å². The van der Waals surface area contributed by atoms with Crippen molar-refractivity contribution < 1.29 is 4.79 Å². The van der Waals surface area contributed by atoms with E-state index in [9.17, 15) is 4.79 Å². The van der Waals surface area contributed by atoms with E-state index >= 15 is 0 Å². The molecule has 0 aromatic heterocycles. The Morgan fingerprint density at radius 2 is 2.08 bits per heavy atom. The van der Waals surface area contributed by atoms with Gasteiger partial charge in [0.2, 0.25) is 0 Å². The molecule has 2 rings (SSSR count). The molecular weight excluding hydrogens is 148 g/mol. The summed E-state index contributed by atoms with van der Waals surface area (Å²) in [4.78, 5) is 11.6. The van der Waals surface area contributed by atoms with E-state index in [0.29, 0.717) is 11.7 Å². The van der Waals surface area contributed by atoms with E-state index in [-0.39, 0.29) is 0 Å². The third-order valence-corrected chi connectivity index (χ3v) is 3.85. The Hall–Kier alpha value is -0.330. The van der Waals surface area contributed by atoms with Crippen LogP contribution >= 0.6 is 0 Å². The number of carbonyl (C=O) groups is 1. The number of ketones is 1. The van der Waals surface area contributed by atoms with Gasteiger partial charge in [-0.3, -0.25) is 4.79 Å². The van der Waals surface area contributed by atoms with Gasteiger partial charge >= 0.3 is 0 Å². The molecule has 3 atom stereocenters. The second kappa shape index (κ2) is 3.20. The highest BCUT2D eigenvalue weighted by atomic mass is 16.1. The van der Waals surface area contributed by atoms with Gasteiger partial charge < -0.3 is 0 Å². The quantitative estimate of drug-likeness (QED) is 0.616. The van der Waals surface area contributed by atoms with Crippen LogP contribution in [0.5, 0.6) is 0 Å². The fourth-order valence-electron chi connectivity index (χ4n) is 3.22. The van der Waals surface area contributed by atoms with Gasteiger partial charge in [-0.1, -0.05) is 19.8 Å². The number of hydrogen-bond acceptors (Lipinski definition) is 1. The summed E-state index contributed by atoms with van der Waals surface area (Å²) in [6, 6.07) is 0. The van der Waals surface area contributed by atoms with Crippen molar-refractivity contribution in [1.82, 2.24) is 0 Å². The highest BCUT2D eigenvalue weighted by Gasteiger charge is 2.41. The highest BCUT2D eigenvalue weighted by Crippen LogP contribution is 2.47. The molecule has 2 fully saturated rings. The van der Waals surface area contributed by atoms with Crippen LogP contribution in [0.1, 0.15) is 45.4 Å². The average molecular weight is 166 g/mol. The average Bonchev–Trinajstić information content (AvgIpc) is 2.62. The van der Waals surface area contributed by atoms with Crippen molar-refractivity contribution in [3.8, 4) is 0 Å². The van der Waals surface area contributed by atoms with Crippen LogP contribution in [0.3, 0.4) is 0 Å². The SMILES string of the molecule is CCC(=O)C1CCC2CCCC21. The van der Waals surface area contributed by atoms with Gasteiger partial charge in [-0.15, -0.1) is 0 Å². The standard InChI is InChI=1S/C11H18O/c1-2-11(12)10-7-6-8-4-3-5-9(8)10/h8-10H,2-7H2,1H3. The fourth-order valence-corrected chi connectivity index (χ4v) is 3.22. The molecule has 0 saturated heterocycles. The number of hydrogen-bond donors (Lipinski definition) is 0. The number of rotatable bonds is 2. The van der Waals surface area contributed by atoms with E-state index in [1.54, 1.807) is 0 Å². The predicted molar refractivity (Wildman–Crippen MR) is 48.9 cm³/mol. The number of Topliss-reactive ketones (excluding diaryl/α,β-unsaturated/α-hetero) is 1. The van der Waals surface area contributed by atoms with Crippen LogP contribution in [0, 0.1) is 17.8 Å². The molecule has 68 valence electrons. The maximum atomic E-state index is 11.6. The third kappa shape index (κ3) is 1.19. The maximum absolute atomic E-state index is 11.6. The molecule has 0 N–H and O–H groups in total. The van der Waals surface area contributed by atoms with E-state index in [1.165, 1.54) is 32.1 Å². The van der Waals surface area contributed by atoms with Crippen molar-refractivity contribution in [3.05, 3.63) is 0 Å². The lowest BCUT2D eigenvalue weighted by molar-refractivity contribution is -0.123. The molecule has 0 amide bonds. The summed E-state index contributed by atoms with van der Waals surface area (Å²) >= 11 is 0. The zero-order valence-electron chi connectivity index (χ0n) is 7.88. The van der Waals surface area contributed by atoms with Gasteiger partial charge in [0, 0.05) is 12.3 Å². The minimum absolute atomic E-state index is 0.461. The third-order valence-electron chi connectivity index (χ3n) is 3.85. The van der Waals surface area contributed by atoms with Crippen LogP contribution in [0.2, 0.25) is 0 Å². The number of carbonyl (C=O) groups excluding carboxylic acids is 1. The molecule has 2 aliphatic rings. The van der Waals surface area contributed by atoms with Crippen molar-refractivity contribution in [2.45, 2.75) is 45.4 Å². The lowest BCUT2D eigenvalue weighted by Crippen LogP contribution is -2.18. The van der Waals surface area contributed by atoms with E-state index < -0.39 is 0 Å². The molecule has 0 spiro atoms. The van der Waals surface area contributed by atoms with Crippen LogP contribution in [0.4, 0.5) is 0 Å². The van der Waals surface area contributed by atoms with Crippen molar-refractivity contribution in [3.63, 3.8) is 0 Å². The first kappa shape index (κ1) is 8.28. The first-order valence-corrected chi connectivity index (χ1v) is 5.35. The van der Waals surface area contributed by atoms with Crippen molar-refractivity contribution in [2.24, 2.45) is 17.8 Å². The van der Waals surface area contributed by atoms with Crippen LogP contribution < -0.4 is 0 Å². The highest BCUT2D eigenvalue weighted by molar-refractivity contribution is 5.81. The predicted octanol–water partition coefficient (Wildman–Crippen LogP) is 2.79. The molecule has 1 heteroatoms. The minimum Gasteiger partial charge on any atom is -0.299 e. The summed E-state index contributed by atoms with van der Waals surface area (Å²) in [5, 5.41) is 0. The number of fused-ring (bicyclic) bond motifs is 1. The summed E-state index contributed by atoms with van der Waals surface area (Å²) < 4.78 is 0. The first-order chi connectivity index (χ1) is 5.83. The summed E-state index contributed by atoms with van der Waals surface area (Å²) in [5.74, 6) is 2.70. The lowest BCUT2D eigenvalue weighted by Gasteiger charge is -2.15. The van der Waals surface area contributed by atoms with Gasteiger partial charge in [-0.2, -0.15) is 0 Å². The Bertz CT molecular complexity index is 185. The second-order valence-corrected chi connectivity index (χ2v) is 4.36. The van der Waals surface area contributed by atoms with Crippen molar-refractivity contribution in [1.29, 1.82) is 0 Å². The Balaban J connectivity index is 2.04. The molecule has 0 radical (unpaired) electrons. The minimum atomic E-state index is 0.461. The van der Waals surface area contributed by atoms with Crippen LogP contribution in [0.15, 0.2) is 0 Å². The van der Waals surface area contributed by atoms with Gasteiger partial charge in [0.1, 0.15) is 5.78 Å². The molecule has 0 aliphatic heterocycles. The summed E-state index contributed by atoms with van der Waals surface area (Å²) in [6.45, 7) is 2.00. The van der Waals surface area contributed by atoms with E-state index in [4.69, 9.17) is 0 Å².